The van der Waals surface area contributed by atoms with Crippen molar-refractivity contribution in [2.45, 2.75) is 13.8 Å². The molecule has 0 aliphatic rings. The Morgan fingerprint density at radius 3 is 2.13 bits per heavy atom. The van der Waals surface area contributed by atoms with Crippen LogP contribution in [0.1, 0.15) is 19.4 Å². The molecule has 118 valence electrons. The average molecular weight is 314 g/mol. The van der Waals surface area contributed by atoms with Crippen molar-refractivity contribution in [2.24, 2.45) is 0 Å². The Hall–Kier alpha value is -2.55. The lowest BCUT2D eigenvalue weighted by molar-refractivity contribution is 0.625. The van der Waals surface area contributed by atoms with Crippen molar-refractivity contribution in [2.75, 3.05) is 0 Å². The van der Waals surface area contributed by atoms with E-state index in [1.165, 1.54) is 37.3 Å². The quantitative estimate of drug-likeness (QED) is 0.568. The van der Waals surface area contributed by atoms with Crippen molar-refractivity contribution in [1.82, 2.24) is 0 Å². The number of rotatable bonds is 4. The molecule has 0 bridgehead atoms. The van der Waals surface area contributed by atoms with Gasteiger partial charge in [-0.1, -0.05) is 48.6 Å². The zero-order valence-electron chi connectivity index (χ0n) is 13.0. The average Bonchev–Trinajstić information content (AvgIpc) is 2.48. The molecule has 0 spiro atoms. The normalized spacial score (nSPS) is 12.4. The molecule has 2 rings (SSSR count). The predicted molar refractivity (Wildman–Crippen MR) is 89.5 cm³/mol. The third kappa shape index (κ3) is 4.22. The summed E-state index contributed by atoms with van der Waals surface area (Å²) in [6.45, 7) is 6.84. The third-order valence-electron chi connectivity index (χ3n) is 3.34. The van der Waals surface area contributed by atoms with Crippen molar-refractivity contribution in [3.05, 3.63) is 89.8 Å². The molecule has 0 saturated carbocycles. The highest BCUT2D eigenvalue weighted by Crippen LogP contribution is 2.28. The maximum absolute atomic E-state index is 14.4. The number of allylic oxidation sites excluding steroid dienone is 5. The Morgan fingerprint density at radius 1 is 0.957 bits per heavy atom. The molecule has 0 unspecified atom stereocenters. The minimum atomic E-state index is -0.489. The van der Waals surface area contributed by atoms with Gasteiger partial charge in [0.05, 0.1) is 0 Å². The smallest absolute Gasteiger partial charge is 0.131 e. The Labute approximate surface area is 134 Å². The van der Waals surface area contributed by atoms with E-state index in [0.717, 1.165) is 5.57 Å². The molecule has 0 nitrogen and oxygen atoms in total. The number of hydrogen-bond donors (Lipinski definition) is 0. The van der Waals surface area contributed by atoms with E-state index in [1.807, 2.05) is 0 Å². The molecule has 3 heteroatoms. The van der Waals surface area contributed by atoms with E-state index in [9.17, 15) is 13.2 Å². The minimum absolute atomic E-state index is 0.303. The lowest BCUT2D eigenvalue weighted by Gasteiger charge is -2.08. The molecule has 0 atom stereocenters. The fourth-order valence-corrected chi connectivity index (χ4v) is 2.18. The predicted octanol–water partition coefficient (Wildman–Crippen LogP) is 6.46. The monoisotopic (exact) mass is 314 g/mol. The lowest BCUT2D eigenvalue weighted by atomic mass is 9.98. The Kier molecular flexibility index (Phi) is 5.22. The third-order valence-corrected chi connectivity index (χ3v) is 3.34. The molecule has 0 aliphatic carbocycles. The van der Waals surface area contributed by atoms with Crippen LogP contribution in [-0.4, -0.2) is 0 Å². The first kappa shape index (κ1) is 16.8. The van der Waals surface area contributed by atoms with Crippen LogP contribution in [0.4, 0.5) is 13.2 Å². The first-order valence-corrected chi connectivity index (χ1v) is 7.14. The highest BCUT2D eigenvalue weighted by Gasteiger charge is 2.10. The van der Waals surface area contributed by atoms with Gasteiger partial charge in [-0.05, 0) is 43.2 Å². The number of benzene rings is 2. The van der Waals surface area contributed by atoms with Crippen LogP contribution in [0, 0.1) is 11.6 Å². The van der Waals surface area contributed by atoms with E-state index >= 15 is 0 Å². The first-order valence-electron chi connectivity index (χ1n) is 7.14. The molecule has 2 aromatic rings. The molecule has 0 fully saturated rings. The summed E-state index contributed by atoms with van der Waals surface area (Å²) in [6.07, 6.45) is 3.24. The molecule has 0 N–H and O–H groups in total. The van der Waals surface area contributed by atoms with Gasteiger partial charge in [-0.25, -0.2) is 13.2 Å². The summed E-state index contributed by atoms with van der Waals surface area (Å²) >= 11 is 0. The van der Waals surface area contributed by atoms with E-state index in [-0.39, 0.29) is 5.82 Å². The molecule has 0 radical (unpaired) electrons. The standard InChI is InChI=1S/C20H17F3/c1-13(2)4-10-18(14(3)21)16-7-11-19(20(23)12-16)15-5-8-17(22)9-6-15/h4-12H,1H2,2-3H3/b10-4-,18-14-. The van der Waals surface area contributed by atoms with Gasteiger partial charge in [-0.3, -0.25) is 0 Å². The molecule has 0 aromatic heterocycles. The fourth-order valence-electron chi connectivity index (χ4n) is 2.18. The molecule has 0 amide bonds. The van der Waals surface area contributed by atoms with Crippen molar-refractivity contribution in [3.8, 4) is 11.1 Å². The van der Waals surface area contributed by atoms with Crippen molar-refractivity contribution < 1.29 is 13.2 Å². The van der Waals surface area contributed by atoms with Gasteiger partial charge < -0.3 is 0 Å². The molecular formula is C20H17F3. The van der Waals surface area contributed by atoms with E-state index < -0.39 is 11.6 Å². The molecule has 0 saturated heterocycles. The summed E-state index contributed by atoms with van der Waals surface area (Å²) in [7, 11) is 0. The summed E-state index contributed by atoms with van der Waals surface area (Å²) in [5.41, 5.74) is 2.42. The Morgan fingerprint density at radius 2 is 1.61 bits per heavy atom. The van der Waals surface area contributed by atoms with Crippen molar-refractivity contribution in [3.63, 3.8) is 0 Å². The second-order valence-corrected chi connectivity index (χ2v) is 5.33. The van der Waals surface area contributed by atoms with Gasteiger partial charge in [0.25, 0.3) is 0 Å². The molecule has 23 heavy (non-hydrogen) atoms. The number of halogens is 3. The van der Waals surface area contributed by atoms with Crippen LogP contribution in [-0.2, 0) is 0 Å². The summed E-state index contributed by atoms with van der Waals surface area (Å²) in [5.74, 6) is -1.28. The Bertz CT molecular complexity index is 777. The van der Waals surface area contributed by atoms with Gasteiger partial charge in [-0.15, -0.1) is 0 Å². The molecule has 2 aromatic carbocycles. The van der Waals surface area contributed by atoms with E-state index in [4.69, 9.17) is 0 Å². The molecule has 0 heterocycles. The van der Waals surface area contributed by atoms with E-state index in [2.05, 4.69) is 6.58 Å². The van der Waals surface area contributed by atoms with E-state index in [0.29, 0.717) is 22.3 Å². The van der Waals surface area contributed by atoms with Gasteiger partial charge in [0.15, 0.2) is 0 Å². The van der Waals surface area contributed by atoms with Crippen LogP contribution in [0.15, 0.2) is 72.6 Å². The van der Waals surface area contributed by atoms with Crippen molar-refractivity contribution in [1.29, 1.82) is 0 Å². The summed E-state index contributed by atoms with van der Waals surface area (Å²) in [6, 6.07) is 10.0. The topological polar surface area (TPSA) is 0 Å². The van der Waals surface area contributed by atoms with Crippen LogP contribution < -0.4 is 0 Å². The second-order valence-electron chi connectivity index (χ2n) is 5.33. The highest BCUT2D eigenvalue weighted by atomic mass is 19.1. The lowest BCUT2D eigenvalue weighted by Crippen LogP contribution is -1.90. The van der Waals surface area contributed by atoms with E-state index in [1.54, 1.807) is 31.2 Å². The summed E-state index contributed by atoms with van der Waals surface area (Å²) in [4.78, 5) is 0. The molecular weight excluding hydrogens is 297 g/mol. The largest absolute Gasteiger partial charge is 0.211 e. The van der Waals surface area contributed by atoms with Crippen LogP contribution in [0.25, 0.3) is 16.7 Å². The minimum Gasteiger partial charge on any atom is -0.211 e. The van der Waals surface area contributed by atoms with Crippen LogP contribution in [0.2, 0.25) is 0 Å². The van der Waals surface area contributed by atoms with Gasteiger partial charge in [0, 0.05) is 11.1 Å². The Balaban J connectivity index is 2.44. The SMILES string of the molecule is C=C(C)/C=C\C(=C(/C)F)c1ccc(-c2ccc(F)cc2)c(F)c1. The zero-order valence-corrected chi connectivity index (χ0v) is 13.0. The van der Waals surface area contributed by atoms with Gasteiger partial charge in [-0.2, -0.15) is 0 Å². The maximum atomic E-state index is 14.4. The van der Waals surface area contributed by atoms with Gasteiger partial charge in [0.2, 0.25) is 0 Å². The number of hydrogen-bond acceptors (Lipinski definition) is 0. The zero-order chi connectivity index (χ0) is 17.0. The fraction of sp³-hybridized carbons (Fsp3) is 0.100. The van der Waals surface area contributed by atoms with Crippen molar-refractivity contribution >= 4 is 5.57 Å². The summed E-state index contributed by atoms with van der Waals surface area (Å²) in [5, 5.41) is 0. The first-order chi connectivity index (χ1) is 10.9. The van der Waals surface area contributed by atoms with Crippen LogP contribution in [0.5, 0.6) is 0 Å². The van der Waals surface area contributed by atoms with Gasteiger partial charge in [0.1, 0.15) is 17.5 Å². The van der Waals surface area contributed by atoms with Crippen LogP contribution >= 0.6 is 0 Å². The highest BCUT2D eigenvalue weighted by molar-refractivity contribution is 5.77. The van der Waals surface area contributed by atoms with Crippen LogP contribution in [0.3, 0.4) is 0 Å². The summed E-state index contributed by atoms with van der Waals surface area (Å²) < 4.78 is 41.1. The second kappa shape index (κ2) is 7.14. The maximum Gasteiger partial charge on any atom is 0.131 e. The molecule has 0 aliphatic heterocycles. The van der Waals surface area contributed by atoms with Gasteiger partial charge >= 0.3 is 0 Å².